The van der Waals surface area contributed by atoms with Gasteiger partial charge in [0.1, 0.15) is 11.5 Å². The minimum Gasteiger partial charge on any atom is -0.457 e. The van der Waals surface area contributed by atoms with Crippen molar-refractivity contribution in [3.63, 3.8) is 0 Å². The average molecular weight is 299 g/mol. The topological polar surface area (TPSA) is 50.1 Å². The molecule has 0 radical (unpaired) electrons. The standard InChI is InChI=1S/C20H13NO2/c21-14-15-6-10-18(11-7-15)23-19-12-8-17(9-13-19)20(22)16-4-2-1-3-5-16/h1-13H. The Morgan fingerprint density at radius 2 is 1.26 bits per heavy atom. The number of nitrogens with zero attached hydrogens (tertiary/aromatic N) is 1. The molecule has 110 valence electrons. The Bertz CT molecular complexity index is 845. The maximum atomic E-state index is 12.3. The van der Waals surface area contributed by atoms with Gasteiger partial charge in [-0.1, -0.05) is 30.3 Å². The van der Waals surface area contributed by atoms with Crippen LogP contribution in [0.1, 0.15) is 21.5 Å². The van der Waals surface area contributed by atoms with Crippen LogP contribution in [0, 0.1) is 11.3 Å². The molecule has 3 aromatic rings. The number of nitriles is 1. The van der Waals surface area contributed by atoms with Crippen molar-refractivity contribution in [3.8, 4) is 17.6 Å². The second-order valence-electron chi connectivity index (χ2n) is 4.96. The summed E-state index contributed by atoms with van der Waals surface area (Å²) in [5, 5.41) is 8.77. The minimum absolute atomic E-state index is 0.0180. The van der Waals surface area contributed by atoms with Crippen LogP contribution in [0.2, 0.25) is 0 Å². The van der Waals surface area contributed by atoms with Crippen molar-refractivity contribution in [1.82, 2.24) is 0 Å². The van der Waals surface area contributed by atoms with E-state index < -0.39 is 0 Å². The van der Waals surface area contributed by atoms with Crippen molar-refractivity contribution in [2.24, 2.45) is 0 Å². The van der Waals surface area contributed by atoms with Gasteiger partial charge in [0.05, 0.1) is 11.6 Å². The second-order valence-corrected chi connectivity index (χ2v) is 4.96. The molecule has 0 atom stereocenters. The summed E-state index contributed by atoms with van der Waals surface area (Å²) in [7, 11) is 0. The van der Waals surface area contributed by atoms with E-state index in [2.05, 4.69) is 6.07 Å². The fraction of sp³-hybridized carbons (Fsp3) is 0. The van der Waals surface area contributed by atoms with Crippen LogP contribution in [0.4, 0.5) is 0 Å². The van der Waals surface area contributed by atoms with Gasteiger partial charge in [0, 0.05) is 11.1 Å². The van der Waals surface area contributed by atoms with E-state index in [0.29, 0.717) is 28.2 Å². The third kappa shape index (κ3) is 3.45. The van der Waals surface area contributed by atoms with Crippen LogP contribution in [-0.4, -0.2) is 5.78 Å². The van der Waals surface area contributed by atoms with E-state index in [-0.39, 0.29) is 5.78 Å². The summed E-state index contributed by atoms with van der Waals surface area (Å²) in [5.74, 6) is 1.26. The highest BCUT2D eigenvalue weighted by atomic mass is 16.5. The van der Waals surface area contributed by atoms with Crippen molar-refractivity contribution in [2.45, 2.75) is 0 Å². The number of hydrogen-bond donors (Lipinski definition) is 0. The molecule has 0 aliphatic heterocycles. The lowest BCUT2D eigenvalue weighted by Gasteiger charge is -2.07. The van der Waals surface area contributed by atoms with Crippen LogP contribution in [0.5, 0.6) is 11.5 Å². The lowest BCUT2D eigenvalue weighted by atomic mass is 10.0. The Hall–Kier alpha value is -3.38. The number of benzene rings is 3. The molecule has 0 saturated carbocycles. The quantitative estimate of drug-likeness (QED) is 0.662. The Morgan fingerprint density at radius 1 is 0.739 bits per heavy atom. The summed E-state index contributed by atoms with van der Waals surface area (Å²) in [6.07, 6.45) is 0. The number of carbonyl (C=O) groups excluding carboxylic acids is 1. The number of rotatable bonds is 4. The fourth-order valence-electron chi connectivity index (χ4n) is 2.16. The fourth-order valence-corrected chi connectivity index (χ4v) is 2.16. The summed E-state index contributed by atoms with van der Waals surface area (Å²) in [6, 6.07) is 25.1. The van der Waals surface area contributed by atoms with Gasteiger partial charge >= 0.3 is 0 Å². The van der Waals surface area contributed by atoms with E-state index in [1.165, 1.54) is 0 Å². The predicted molar refractivity (Wildman–Crippen MR) is 87.5 cm³/mol. The molecule has 3 nitrogen and oxygen atoms in total. The first-order chi connectivity index (χ1) is 11.3. The van der Waals surface area contributed by atoms with Gasteiger partial charge in [-0.15, -0.1) is 0 Å². The molecule has 0 heterocycles. The molecule has 0 aliphatic rings. The summed E-state index contributed by atoms with van der Waals surface area (Å²) >= 11 is 0. The van der Waals surface area contributed by atoms with Crippen LogP contribution in [0.3, 0.4) is 0 Å². The molecule has 0 saturated heterocycles. The van der Waals surface area contributed by atoms with E-state index in [0.717, 1.165) is 0 Å². The SMILES string of the molecule is N#Cc1ccc(Oc2ccc(C(=O)c3ccccc3)cc2)cc1. The van der Waals surface area contributed by atoms with E-state index in [1.54, 1.807) is 60.7 Å². The monoisotopic (exact) mass is 299 g/mol. The van der Waals surface area contributed by atoms with E-state index >= 15 is 0 Å². The molecule has 3 heteroatoms. The summed E-state index contributed by atoms with van der Waals surface area (Å²) < 4.78 is 5.70. The van der Waals surface area contributed by atoms with Crippen molar-refractivity contribution in [1.29, 1.82) is 5.26 Å². The van der Waals surface area contributed by atoms with Crippen molar-refractivity contribution in [3.05, 3.63) is 95.6 Å². The largest absolute Gasteiger partial charge is 0.457 e. The minimum atomic E-state index is -0.0180. The van der Waals surface area contributed by atoms with Gasteiger partial charge in [-0.3, -0.25) is 4.79 Å². The van der Waals surface area contributed by atoms with Gasteiger partial charge in [-0.25, -0.2) is 0 Å². The molecular formula is C20H13NO2. The zero-order valence-electron chi connectivity index (χ0n) is 12.3. The lowest BCUT2D eigenvalue weighted by Crippen LogP contribution is -2.00. The average Bonchev–Trinajstić information content (AvgIpc) is 2.63. The molecule has 0 N–H and O–H groups in total. The predicted octanol–water partition coefficient (Wildman–Crippen LogP) is 4.58. The van der Waals surface area contributed by atoms with E-state index in [1.807, 2.05) is 18.2 Å². The maximum Gasteiger partial charge on any atom is 0.193 e. The highest BCUT2D eigenvalue weighted by Gasteiger charge is 2.08. The number of ether oxygens (including phenoxy) is 1. The van der Waals surface area contributed by atoms with Crippen LogP contribution in [0.25, 0.3) is 0 Å². The van der Waals surface area contributed by atoms with Gasteiger partial charge in [-0.2, -0.15) is 5.26 Å². The molecule has 0 bridgehead atoms. The van der Waals surface area contributed by atoms with Gasteiger partial charge in [-0.05, 0) is 48.5 Å². The van der Waals surface area contributed by atoms with E-state index in [9.17, 15) is 4.79 Å². The third-order valence-corrected chi connectivity index (χ3v) is 3.37. The van der Waals surface area contributed by atoms with Gasteiger partial charge < -0.3 is 4.74 Å². The highest BCUT2D eigenvalue weighted by molar-refractivity contribution is 6.08. The Kier molecular flexibility index (Phi) is 4.17. The van der Waals surface area contributed by atoms with Crippen LogP contribution in [-0.2, 0) is 0 Å². The lowest BCUT2D eigenvalue weighted by molar-refractivity contribution is 0.103. The third-order valence-electron chi connectivity index (χ3n) is 3.37. The summed E-state index contributed by atoms with van der Waals surface area (Å²) in [6.45, 7) is 0. The molecule has 0 amide bonds. The van der Waals surface area contributed by atoms with Crippen molar-refractivity contribution < 1.29 is 9.53 Å². The molecule has 0 unspecified atom stereocenters. The van der Waals surface area contributed by atoms with Crippen LogP contribution >= 0.6 is 0 Å². The Morgan fingerprint density at radius 3 is 1.83 bits per heavy atom. The summed E-state index contributed by atoms with van der Waals surface area (Å²) in [4.78, 5) is 12.3. The Balaban J connectivity index is 1.74. The first-order valence-electron chi connectivity index (χ1n) is 7.14. The maximum absolute atomic E-state index is 12.3. The Labute approximate surface area is 134 Å². The van der Waals surface area contributed by atoms with Gasteiger partial charge in [0.15, 0.2) is 5.78 Å². The second kappa shape index (κ2) is 6.59. The number of hydrogen-bond acceptors (Lipinski definition) is 3. The molecule has 3 aromatic carbocycles. The first kappa shape index (κ1) is 14.6. The van der Waals surface area contributed by atoms with Crippen LogP contribution in [0.15, 0.2) is 78.9 Å². The normalized spacial score (nSPS) is 9.87. The molecule has 0 spiro atoms. The highest BCUT2D eigenvalue weighted by Crippen LogP contribution is 2.22. The first-order valence-corrected chi connectivity index (χ1v) is 7.14. The molecule has 23 heavy (non-hydrogen) atoms. The molecule has 0 fully saturated rings. The van der Waals surface area contributed by atoms with Crippen molar-refractivity contribution in [2.75, 3.05) is 0 Å². The zero-order valence-corrected chi connectivity index (χ0v) is 12.3. The molecule has 0 aromatic heterocycles. The van der Waals surface area contributed by atoms with Gasteiger partial charge in [0.25, 0.3) is 0 Å². The van der Waals surface area contributed by atoms with Crippen LogP contribution < -0.4 is 4.74 Å². The molecular weight excluding hydrogens is 286 g/mol. The number of carbonyl (C=O) groups is 1. The molecule has 0 aliphatic carbocycles. The zero-order chi connectivity index (χ0) is 16.1. The van der Waals surface area contributed by atoms with E-state index in [4.69, 9.17) is 10.00 Å². The van der Waals surface area contributed by atoms with Crippen molar-refractivity contribution >= 4 is 5.78 Å². The van der Waals surface area contributed by atoms with Gasteiger partial charge in [0.2, 0.25) is 0 Å². The summed E-state index contributed by atoms with van der Waals surface area (Å²) in [5.41, 5.74) is 1.86. The number of ketones is 1. The molecule has 3 rings (SSSR count). The smallest absolute Gasteiger partial charge is 0.193 e.